The van der Waals surface area contributed by atoms with E-state index >= 15 is 0 Å². The number of anilines is 1. The molecule has 0 fully saturated rings. The van der Waals surface area contributed by atoms with Crippen LogP contribution in [-0.4, -0.2) is 16.8 Å². The van der Waals surface area contributed by atoms with Crippen molar-refractivity contribution in [3.63, 3.8) is 0 Å². The third kappa shape index (κ3) is 3.55. The first-order valence-corrected chi connectivity index (χ1v) is 9.12. The first-order chi connectivity index (χ1) is 13.5. The number of ketones is 1. The molecule has 0 spiro atoms. The number of benzene rings is 3. The Kier molecular flexibility index (Phi) is 4.72. The number of Topliss-reactive ketones (excluding diaryl/α,β-unsaturated/α-hetero) is 1. The van der Waals surface area contributed by atoms with Gasteiger partial charge in [0.25, 0.3) is 5.91 Å². The number of aromatic hydroxyl groups is 1. The molecule has 0 unspecified atom stereocenters. The second-order valence-electron chi connectivity index (χ2n) is 6.57. The van der Waals surface area contributed by atoms with Crippen molar-refractivity contribution >= 4 is 35.1 Å². The molecule has 0 saturated carbocycles. The number of amides is 1. The summed E-state index contributed by atoms with van der Waals surface area (Å²) in [5.74, 6) is -0.185. The maximum atomic E-state index is 12.6. The fourth-order valence-corrected chi connectivity index (χ4v) is 3.37. The van der Waals surface area contributed by atoms with Gasteiger partial charge in [0, 0.05) is 39.4 Å². The highest BCUT2D eigenvalue weighted by atomic mass is 35.5. The number of nitrogens with one attached hydrogen (secondary N) is 1. The molecule has 4 rings (SSSR count). The van der Waals surface area contributed by atoms with Crippen LogP contribution in [0.4, 0.5) is 5.69 Å². The zero-order valence-corrected chi connectivity index (χ0v) is 15.5. The summed E-state index contributed by atoms with van der Waals surface area (Å²) in [6.07, 6.45) is 2.18. The Morgan fingerprint density at radius 2 is 1.79 bits per heavy atom. The van der Waals surface area contributed by atoms with Crippen molar-refractivity contribution in [2.45, 2.75) is 6.42 Å². The Bertz CT molecular complexity index is 1120. The van der Waals surface area contributed by atoms with E-state index in [1.54, 1.807) is 60.7 Å². The van der Waals surface area contributed by atoms with E-state index in [2.05, 4.69) is 5.32 Å². The summed E-state index contributed by atoms with van der Waals surface area (Å²) in [6, 6.07) is 18.9. The predicted octanol–water partition coefficient (Wildman–Crippen LogP) is 5.12. The van der Waals surface area contributed by atoms with Gasteiger partial charge in [-0.25, -0.2) is 0 Å². The molecule has 3 aromatic rings. The van der Waals surface area contributed by atoms with Gasteiger partial charge in [-0.05, 0) is 54.1 Å². The van der Waals surface area contributed by atoms with Crippen molar-refractivity contribution in [1.29, 1.82) is 0 Å². The molecule has 28 heavy (non-hydrogen) atoms. The minimum atomic E-state index is -0.240. The highest BCUT2D eigenvalue weighted by Gasteiger charge is 2.26. The summed E-state index contributed by atoms with van der Waals surface area (Å²) in [5.41, 5.74) is 3.73. The molecule has 0 atom stereocenters. The lowest BCUT2D eigenvalue weighted by Gasteiger charge is -2.07. The fraction of sp³-hybridized carbons (Fsp3) is 0.0435. The summed E-state index contributed by atoms with van der Waals surface area (Å²) >= 11 is 5.85. The van der Waals surface area contributed by atoms with E-state index in [9.17, 15) is 14.7 Å². The van der Waals surface area contributed by atoms with E-state index in [1.165, 1.54) is 0 Å². The highest BCUT2D eigenvalue weighted by Crippen LogP contribution is 2.33. The minimum Gasteiger partial charge on any atom is -0.508 e. The SMILES string of the molecule is O=C(Nc1cccc(/C=C2/Cc3c(O)cccc3C2=O)c1)c1ccc(Cl)cc1. The molecule has 0 bridgehead atoms. The molecule has 4 nitrogen and oxygen atoms in total. The van der Waals surface area contributed by atoms with Crippen molar-refractivity contribution < 1.29 is 14.7 Å². The fourth-order valence-electron chi connectivity index (χ4n) is 3.25. The molecule has 2 N–H and O–H groups in total. The molecule has 0 aliphatic heterocycles. The van der Waals surface area contributed by atoms with E-state index in [-0.39, 0.29) is 17.4 Å². The second kappa shape index (κ2) is 7.33. The molecule has 3 aromatic carbocycles. The Labute approximate surface area is 167 Å². The van der Waals surface area contributed by atoms with Gasteiger partial charge in [-0.15, -0.1) is 0 Å². The van der Waals surface area contributed by atoms with Gasteiger partial charge < -0.3 is 10.4 Å². The van der Waals surface area contributed by atoms with Crippen molar-refractivity contribution in [2.75, 3.05) is 5.32 Å². The standard InChI is InChI=1S/C23H16ClNO3/c24-17-9-7-15(8-10-17)23(28)25-18-4-1-3-14(12-18)11-16-13-20-19(22(16)27)5-2-6-21(20)26/h1-12,26H,13H2,(H,25,28)/b16-11-. The van der Waals surface area contributed by atoms with Gasteiger partial charge in [-0.3, -0.25) is 9.59 Å². The van der Waals surface area contributed by atoms with Gasteiger partial charge in [-0.1, -0.05) is 35.9 Å². The zero-order chi connectivity index (χ0) is 19.7. The number of fused-ring (bicyclic) bond motifs is 1. The number of allylic oxidation sites excluding steroid dienone is 1. The monoisotopic (exact) mass is 389 g/mol. The summed E-state index contributed by atoms with van der Waals surface area (Å²) in [6.45, 7) is 0. The normalized spacial score (nSPS) is 14.2. The Morgan fingerprint density at radius 1 is 1.04 bits per heavy atom. The van der Waals surface area contributed by atoms with Crippen molar-refractivity contribution in [1.82, 2.24) is 0 Å². The van der Waals surface area contributed by atoms with Crippen molar-refractivity contribution in [3.05, 3.63) is 99.6 Å². The van der Waals surface area contributed by atoms with Crippen molar-refractivity contribution in [3.8, 4) is 5.75 Å². The van der Waals surface area contributed by atoms with E-state index in [0.29, 0.717) is 39.4 Å². The Balaban J connectivity index is 1.56. The highest BCUT2D eigenvalue weighted by molar-refractivity contribution is 6.30. The second-order valence-corrected chi connectivity index (χ2v) is 7.00. The number of rotatable bonds is 3. The first kappa shape index (κ1) is 18.0. The van der Waals surface area contributed by atoms with Crippen LogP contribution in [0.25, 0.3) is 6.08 Å². The van der Waals surface area contributed by atoms with Crippen LogP contribution in [0.5, 0.6) is 5.75 Å². The van der Waals surface area contributed by atoms with E-state index < -0.39 is 0 Å². The first-order valence-electron chi connectivity index (χ1n) is 8.74. The van der Waals surface area contributed by atoms with E-state index in [1.807, 2.05) is 12.1 Å². The van der Waals surface area contributed by atoms with Gasteiger partial charge in [0.1, 0.15) is 5.75 Å². The summed E-state index contributed by atoms with van der Waals surface area (Å²) in [5, 5.41) is 13.4. The van der Waals surface area contributed by atoms with Crippen LogP contribution in [0, 0.1) is 0 Å². The molecule has 1 aliphatic rings. The quantitative estimate of drug-likeness (QED) is 0.611. The third-order valence-electron chi connectivity index (χ3n) is 4.65. The number of carbonyl (C=O) groups excluding carboxylic acids is 2. The zero-order valence-electron chi connectivity index (χ0n) is 14.8. The number of carbonyl (C=O) groups is 2. The third-order valence-corrected chi connectivity index (χ3v) is 4.90. The van der Waals surface area contributed by atoms with Crippen LogP contribution in [0.1, 0.15) is 31.8 Å². The lowest BCUT2D eigenvalue weighted by molar-refractivity contribution is 0.102. The van der Waals surface area contributed by atoms with Gasteiger partial charge in [-0.2, -0.15) is 0 Å². The number of hydrogen-bond donors (Lipinski definition) is 2. The van der Waals surface area contributed by atoms with Crippen LogP contribution in [-0.2, 0) is 6.42 Å². The molecule has 0 saturated heterocycles. The maximum Gasteiger partial charge on any atom is 0.255 e. The topological polar surface area (TPSA) is 66.4 Å². The minimum absolute atomic E-state index is 0.0819. The Hall–Kier alpha value is -3.37. The van der Waals surface area contributed by atoms with Crippen molar-refractivity contribution in [2.24, 2.45) is 0 Å². The van der Waals surface area contributed by atoms with Crippen LogP contribution in [0.15, 0.2) is 72.3 Å². The van der Waals surface area contributed by atoms with Crippen LogP contribution < -0.4 is 5.32 Å². The number of halogens is 1. The number of phenols is 1. The van der Waals surface area contributed by atoms with Gasteiger partial charge in [0.15, 0.2) is 5.78 Å². The van der Waals surface area contributed by atoms with Gasteiger partial charge in [0.05, 0.1) is 0 Å². The van der Waals surface area contributed by atoms with Gasteiger partial charge in [0.2, 0.25) is 0 Å². The van der Waals surface area contributed by atoms with Gasteiger partial charge >= 0.3 is 0 Å². The van der Waals surface area contributed by atoms with Crippen LogP contribution in [0.3, 0.4) is 0 Å². The molecule has 1 aliphatic carbocycles. The average Bonchev–Trinajstić information content (AvgIpc) is 3.00. The summed E-state index contributed by atoms with van der Waals surface area (Å²) in [4.78, 5) is 24.9. The average molecular weight is 390 g/mol. The lowest BCUT2D eigenvalue weighted by atomic mass is 10.1. The van der Waals surface area contributed by atoms with Crippen LogP contribution >= 0.6 is 11.6 Å². The molecule has 5 heteroatoms. The molecule has 1 amide bonds. The molecule has 138 valence electrons. The molecule has 0 heterocycles. The largest absolute Gasteiger partial charge is 0.508 e. The summed E-state index contributed by atoms with van der Waals surface area (Å²) < 4.78 is 0. The van der Waals surface area contributed by atoms with E-state index in [4.69, 9.17) is 11.6 Å². The smallest absolute Gasteiger partial charge is 0.255 e. The lowest BCUT2D eigenvalue weighted by Crippen LogP contribution is -2.11. The maximum absolute atomic E-state index is 12.6. The predicted molar refractivity (Wildman–Crippen MR) is 110 cm³/mol. The molecule has 0 radical (unpaired) electrons. The molecular weight excluding hydrogens is 374 g/mol. The van der Waals surface area contributed by atoms with Crippen LogP contribution in [0.2, 0.25) is 5.02 Å². The number of phenolic OH excluding ortho intramolecular Hbond substituents is 1. The molecule has 0 aromatic heterocycles. The molecular formula is C23H16ClNO3. The Morgan fingerprint density at radius 3 is 2.54 bits per heavy atom. The van der Waals surface area contributed by atoms with E-state index in [0.717, 1.165) is 5.56 Å². The number of hydrogen-bond acceptors (Lipinski definition) is 3. The summed E-state index contributed by atoms with van der Waals surface area (Å²) in [7, 11) is 0.